The molecule has 0 fully saturated rings. The van der Waals surface area contributed by atoms with Crippen LogP contribution in [0.15, 0.2) is 46.9 Å². The molecule has 0 spiro atoms. The Morgan fingerprint density at radius 2 is 1.86 bits per heavy atom. The number of hydrogen-bond acceptors (Lipinski definition) is 3. The van der Waals surface area contributed by atoms with Gasteiger partial charge in [-0.3, -0.25) is 4.90 Å². The summed E-state index contributed by atoms with van der Waals surface area (Å²) in [4.78, 5) is 2.12. The fraction of sp³-hybridized carbons (Fsp3) is 0.294. The molecule has 118 valence electrons. The zero-order valence-electron chi connectivity index (χ0n) is 12.7. The van der Waals surface area contributed by atoms with Gasteiger partial charge in [0.05, 0.1) is 7.11 Å². The number of halogens is 2. The molecule has 0 radical (unpaired) electrons. The standard InChI is InChI=1S/C17H19BrFNO2/c1-20(12-13-7-8-14(19)11-15(13)18)9-10-22-17-6-4-3-5-16(17)21-2/h3-8,11H,9-10,12H2,1-2H3. The molecule has 0 amide bonds. The maximum atomic E-state index is 13.1. The van der Waals surface area contributed by atoms with Crippen molar-refractivity contribution in [2.24, 2.45) is 0 Å². The summed E-state index contributed by atoms with van der Waals surface area (Å²) in [6.07, 6.45) is 0. The van der Waals surface area contributed by atoms with E-state index >= 15 is 0 Å². The molecule has 0 aliphatic heterocycles. The second-order valence-corrected chi connectivity index (χ2v) is 5.83. The Balaban J connectivity index is 1.84. The minimum absolute atomic E-state index is 0.238. The molecule has 0 heterocycles. The normalized spacial score (nSPS) is 10.8. The maximum absolute atomic E-state index is 13.1. The third-order valence-electron chi connectivity index (χ3n) is 3.26. The lowest BCUT2D eigenvalue weighted by Gasteiger charge is -2.18. The SMILES string of the molecule is COc1ccccc1OCCN(C)Cc1ccc(F)cc1Br. The van der Waals surface area contributed by atoms with Gasteiger partial charge < -0.3 is 9.47 Å². The van der Waals surface area contributed by atoms with Crippen molar-refractivity contribution in [3.63, 3.8) is 0 Å². The first-order chi connectivity index (χ1) is 10.6. The van der Waals surface area contributed by atoms with Crippen molar-refractivity contribution in [3.8, 4) is 11.5 Å². The van der Waals surface area contributed by atoms with Crippen LogP contribution in [0.4, 0.5) is 4.39 Å². The molecule has 2 rings (SSSR count). The number of ether oxygens (including phenoxy) is 2. The van der Waals surface area contributed by atoms with Crippen LogP contribution in [0, 0.1) is 5.82 Å². The summed E-state index contributed by atoms with van der Waals surface area (Å²) in [6.45, 7) is 2.02. The summed E-state index contributed by atoms with van der Waals surface area (Å²) in [5.41, 5.74) is 1.04. The Hall–Kier alpha value is -1.59. The molecule has 2 aromatic carbocycles. The number of rotatable bonds is 7. The fourth-order valence-electron chi connectivity index (χ4n) is 2.07. The monoisotopic (exact) mass is 367 g/mol. The molecule has 0 aliphatic carbocycles. The van der Waals surface area contributed by atoms with Gasteiger partial charge in [0, 0.05) is 17.6 Å². The largest absolute Gasteiger partial charge is 0.493 e. The topological polar surface area (TPSA) is 21.7 Å². The van der Waals surface area contributed by atoms with Crippen molar-refractivity contribution >= 4 is 15.9 Å². The van der Waals surface area contributed by atoms with Crippen molar-refractivity contribution in [1.82, 2.24) is 4.90 Å². The predicted octanol–water partition coefficient (Wildman–Crippen LogP) is 4.11. The van der Waals surface area contributed by atoms with Crippen molar-refractivity contribution in [2.75, 3.05) is 27.3 Å². The van der Waals surface area contributed by atoms with Crippen molar-refractivity contribution < 1.29 is 13.9 Å². The number of para-hydroxylation sites is 2. The first-order valence-electron chi connectivity index (χ1n) is 6.98. The Morgan fingerprint density at radius 1 is 1.14 bits per heavy atom. The van der Waals surface area contributed by atoms with Crippen molar-refractivity contribution in [3.05, 3.63) is 58.3 Å². The number of hydrogen-bond donors (Lipinski definition) is 0. The highest BCUT2D eigenvalue weighted by Crippen LogP contribution is 2.25. The van der Waals surface area contributed by atoms with E-state index in [-0.39, 0.29) is 5.82 Å². The molecule has 22 heavy (non-hydrogen) atoms. The van der Waals surface area contributed by atoms with E-state index in [2.05, 4.69) is 20.8 Å². The van der Waals surface area contributed by atoms with Gasteiger partial charge in [0.15, 0.2) is 11.5 Å². The number of nitrogens with zero attached hydrogens (tertiary/aromatic N) is 1. The molecule has 0 saturated heterocycles. The van der Waals surface area contributed by atoms with Crippen molar-refractivity contribution in [2.45, 2.75) is 6.54 Å². The van der Waals surface area contributed by atoms with Gasteiger partial charge in [0.25, 0.3) is 0 Å². The molecule has 2 aromatic rings. The summed E-state index contributed by atoms with van der Waals surface area (Å²) in [7, 11) is 3.63. The van der Waals surface area contributed by atoms with Gasteiger partial charge in [-0.25, -0.2) is 4.39 Å². The highest BCUT2D eigenvalue weighted by atomic mass is 79.9. The lowest BCUT2D eigenvalue weighted by atomic mass is 10.2. The van der Waals surface area contributed by atoms with Crippen LogP contribution in [-0.4, -0.2) is 32.2 Å². The third-order valence-corrected chi connectivity index (χ3v) is 3.99. The third kappa shape index (κ3) is 4.71. The Labute approximate surface area is 138 Å². The Bertz CT molecular complexity index is 621. The number of likely N-dealkylation sites (N-methyl/N-ethyl adjacent to an activating group) is 1. The maximum Gasteiger partial charge on any atom is 0.161 e. The van der Waals surface area contributed by atoms with Gasteiger partial charge in [-0.2, -0.15) is 0 Å². The van der Waals surface area contributed by atoms with Crippen LogP contribution in [0.1, 0.15) is 5.56 Å². The van der Waals surface area contributed by atoms with Crippen molar-refractivity contribution in [1.29, 1.82) is 0 Å². The van der Waals surface area contributed by atoms with Gasteiger partial charge in [-0.1, -0.05) is 34.1 Å². The Kier molecular flexibility index (Phi) is 6.21. The molecule has 0 N–H and O–H groups in total. The molecule has 0 unspecified atom stereocenters. The van der Waals surface area contributed by atoms with Crippen LogP contribution >= 0.6 is 15.9 Å². The molecule has 0 atom stereocenters. The van der Waals surface area contributed by atoms with E-state index < -0.39 is 0 Å². The van der Waals surface area contributed by atoms with Gasteiger partial charge in [-0.15, -0.1) is 0 Å². The van der Waals surface area contributed by atoms with Crippen LogP contribution in [0.5, 0.6) is 11.5 Å². The molecular formula is C17H19BrFNO2. The second-order valence-electron chi connectivity index (χ2n) is 4.97. The van der Waals surface area contributed by atoms with E-state index in [9.17, 15) is 4.39 Å². The van der Waals surface area contributed by atoms with Crippen LogP contribution in [0.3, 0.4) is 0 Å². The van der Waals surface area contributed by atoms with Gasteiger partial charge in [0.2, 0.25) is 0 Å². The average molecular weight is 368 g/mol. The van der Waals surface area contributed by atoms with E-state index in [1.165, 1.54) is 12.1 Å². The molecular weight excluding hydrogens is 349 g/mol. The molecule has 0 bridgehead atoms. The molecule has 0 saturated carbocycles. The summed E-state index contributed by atoms with van der Waals surface area (Å²) in [5, 5.41) is 0. The van der Waals surface area contributed by atoms with E-state index in [1.54, 1.807) is 13.2 Å². The lowest BCUT2D eigenvalue weighted by Crippen LogP contribution is -2.24. The minimum atomic E-state index is -0.238. The van der Waals surface area contributed by atoms with E-state index in [4.69, 9.17) is 9.47 Å². The smallest absolute Gasteiger partial charge is 0.161 e. The number of benzene rings is 2. The summed E-state index contributed by atoms with van der Waals surface area (Å²) in [5.74, 6) is 1.23. The summed E-state index contributed by atoms with van der Waals surface area (Å²) in [6, 6.07) is 12.3. The van der Waals surface area contributed by atoms with Gasteiger partial charge in [0.1, 0.15) is 12.4 Å². The van der Waals surface area contributed by atoms with Crippen LogP contribution in [-0.2, 0) is 6.54 Å². The first kappa shape index (κ1) is 16.8. The summed E-state index contributed by atoms with van der Waals surface area (Å²) < 4.78 is 24.8. The molecule has 5 heteroatoms. The minimum Gasteiger partial charge on any atom is -0.493 e. The highest BCUT2D eigenvalue weighted by Gasteiger charge is 2.07. The highest BCUT2D eigenvalue weighted by molar-refractivity contribution is 9.10. The van der Waals surface area contributed by atoms with E-state index in [0.29, 0.717) is 6.61 Å². The fourth-order valence-corrected chi connectivity index (χ4v) is 2.55. The van der Waals surface area contributed by atoms with Crippen LogP contribution in [0.2, 0.25) is 0 Å². The predicted molar refractivity (Wildman–Crippen MR) is 88.9 cm³/mol. The van der Waals surface area contributed by atoms with Gasteiger partial charge in [-0.05, 0) is 36.9 Å². The first-order valence-corrected chi connectivity index (χ1v) is 7.77. The molecule has 0 aliphatic rings. The second kappa shape index (κ2) is 8.15. The zero-order valence-corrected chi connectivity index (χ0v) is 14.3. The average Bonchev–Trinajstić information content (AvgIpc) is 2.50. The number of methoxy groups -OCH3 is 1. The Morgan fingerprint density at radius 3 is 2.55 bits per heavy atom. The quantitative estimate of drug-likeness (QED) is 0.734. The van der Waals surface area contributed by atoms with Crippen LogP contribution < -0.4 is 9.47 Å². The zero-order chi connectivity index (χ0) is 15.9. The molecule has 3 nitrogen and oxygen atoms in total. The summed E-state index contributed by atoms with van der Waals surface area (Å²) >= 11 is 3.38. The van der Waals surface area contributed by atoms with Gasteiger partial charge >= 0.3 is 0 Å². The van der Waals surface area contributed by atoms with E-state index in [1.807, 2.05) is 31.3 Å². The molecule has 0 aromatic heterocycles. The van der Waals surface area contributed by atoms with E-state index in [0.717, 1.165) is 34.6 Å². The lowest BCUT2D eigenvalue weighted by molar-refractivity contribution is 0.226. The van der Waals surface area contributed by atoms with Crippen LogP contribution in [0.25, 0.3) is 0 Å².